The predicted molar refractivity (Wildman–Crippen MR) is 114 cm³/mol. The fourth-order valence-corrected chi connectivity index (χ4v) is 4.04. The van der Waals surface area contributed by atoms with Crippen molar-refractivity contribution in [3.05, 3.63) is 96.7 Å². The van der Waals surface area contributed by atoms with Crippen LogP contribution in [0.15, 0.2) is 90.6 Å². The summed E-state index contributed by atoms with van der Waals surface area (Å²) < 4.78 is 4.19. The Kier molecular flexibility index (Phi) is 4.80. The van der Waals surface area contributed by atoms with E-state index in [2.05, 4.69) is 55.2 Å². The van der Waals surface area contributed by atoms with Crippen molar-refractivity contribution in [2.45, 2.75) is 17.5 Å². The molecule has 0 atom stereocenters. The van der Waals surface area contributed by atoms with E-state index >= 15 is 0 Å². The van der Waals surface area contributed by atoms with Gasteiger partial charge in [0.2, 0.25) is 0 Å². The number of imidazole rings is 1. The van der Waals surface area contributed by atoms with E-state index in [1.165, 1.54) is 5.56 Å². The van der Waals surface area contributed by atoms with Gasteiger partial charge in [0.1, 0.15) is 5.65 Å². The van der Waals surface area contributed by atoms with E-state index in [1.807, 2.05) is 47.0 Å². The molecule has 0 saturated heterocycles. The molecule has 1 aromatic carbocycles. The average molecular weight is 398 g/mol. The van der Waals surface area contributed by atoms with Gasteiger partial charge in [0.25, 0.3) is 0 Å². The molecular weight excluding hydrogens is 380 g/mol. The van der Waals surface area contributed by atoms with Gasteiger partial charge in [-0.25, -0.2) is 4.98 Å². The maximum atomic E-state index is 4.68. The summed E-state index contributed by atoms with van der Waals surface area (Å²) in [5.74, 6) is 1.57. The molecule has 0 radical (unpaired) electrons. The molecule has 0 aliphatic heterocycles. The first kappa shape index (κ1) is 17.6. The van der Waals surface area contributed by atoms with Crippen molar-refractivity contribution in [3.8, 4) is 11.4 Å². The predicted octanol–water partition coefficient (Wildman–Crippen LogP) is 4.33. The first-order chi connectivity index (χ1) is 14.4. The van der Waals surface area contributed by atoms with Crippen molar-refractivity contribution in [1.29, 1.82) is 0 Å². The van der Waals surface area contributed by atoms with E-state index < -0.39 is 0 Å². The zero-order valence-electron chi connectivity index (χ0n) is 15.6. The molecule has 4 heterocycles. The van der Waals surface area contributed by atoms with Gasteiger partial charge in [-0.05, 0) is 29.8 Å². The molecule has 7 heteroatoms. The zero-order valence-corrected chi connectivity index (χ0v) is 16.4. The third kappa shape index (κ3) is 3.77. The second-order valence-electron chi connectivity index (χ2n) is 6.60. The number of hydrogen-bond acceptors (Lipinski definition) is 5. The normalized spacial score (nSPS) is 11.2. The van der Waals surface area contributed by atoms with Gasteiger partial charge in [0, 0.05) is 36.1 Å². The summed E-state index contributed by atoms with van der Waals surface area (Å²) in [6.45, 7) is 0.707. The molecule has 0 amide bonds. The molecule has 5 aromatic rings. The van der Waals surface area contributed by atoms with Crippen LogP contribution in [0.2, 0.25) is 0 Å². The minimum absolute atomic E-state index is 0.707. The Morgan fingerprint density at radius 2 is 1.69 bits per heavy atom. The van der Waals surface area contributed by atoms with Crippen LogP contribution in [0.25, 0.3) is 17.0 Å². The van der Waals surface area contributed by atoms with Crippen molar-refractivity contribution >= 4 is 17.4 Å². The van der Waals surface area contributed by atoms with Crippen LogP contribution in [0.3, 0.4) is 0 Å². The van der Waals surface area contributed by atoms with Gasteiger partial charge in [-0.1, -0.05) is 48.2 Å². The number of aromatic nitrogens is 6. The summed E-state index contributed by atoms with van der Waals surface area (Å²) in [7, 11) is 0. The van der Waals surface area contributed by atoms with Crippen molar-refractivity contribution in [3.63, 3.8) is 0 Å². The van der Waals surface area contributed by atoms with Gasteiger partial charge in [0.05, 0.1) is 12.2 Å². The number of rotatable bonds is 6. The SMILES string of the molecule is c1ccc(Cn2c(SCc3cn4ccccc4n3)nnc2-c2ccncc2)cc1. The number of pyridine rings is 2. The fraction of sp³-hybridized carbons (Fsp3) is 0.0909. The van der Waals surface area contributed by atoms with Gasteiger partial charge >= 0.3 is 0 Å². The third-order valence-electron chi connectivity index (χ3n) is 4.60. The van der Waals surface area contributed by atoms with Crippen LogP contribution in [0.4, 0.5) is 0 Å². The van der Waals surface area contributed by atoms with Crippen LogP contribution in [0.1, 0.15) is 11.3 Å². The summed E-state index contributed by atoms with van der Waals surface area (Å²) in [6, 6.07) is 20.3. The molecule has 6 nitrogen and oxygen atoms in total. The molecule has 0 bridgehead atoms. The first-order valence-corrected chi connectivity index (χ1v) is 10.3. The Labute approximate surface area is 172 Å². The molecule has 0 unspecified atom stereocenters. The van der Waals surface area contributed by atoms with E-state index in [9.17, 15) is 0 Å². The lowest BCUT2D eigenvalue weighted by Crippen LogP contribution is -2.04. The third-order valence-corrected chi connectivity index (χ3v) is 5.60. The molecule has 0 spiro atoms. The van der Waals surface area contributed by atoms with E-state index in [1.54, 1.807) is 24.2 Å². The van der Waals surface area contributed by atoms with Crippen molar-refractivity contribution < 1.29 is 0 Å². The minimum atomic E-state index is 0.707. The van der Waals surface area contributed by atoms with Crippen LogP contribution >= 0.6 is 11.8 Å². The highest BCUT2D eigenvalue weighted by molar-refractivity contribution is 7.98. The smallest absolute Gasteiger partial charge is 0.192 e. The van der Waals surface area contributed by atoms with E-state index in [0.717, 1.165) is 33.6 Å². The van der Waals surface area contributed by atoms with Crippen LogP contribution in [-0.4, -0.2) is 29.1 Å². The number of nitrogens with zero attached hydrogens (tertiary/aromatic N) is 6. The topological polar surface area (TPSA) is 60.9 Å². The van der Waals surface area contributed by atoms with E-state index in [4.69, 9.17) is 0 Å². The van der Waals surface area contributed by atoms with Gasteiger partial charge in [-0.2, -0.15) is 0 Å². The van der Waals surface area contributed by atoms with E-state index in [0.29, 0.717) is 6.54 Å². The lowest BCUT2D eigenvalue weighted by Gasteiger charge is -2.10. The molecule has 0 aliphatic rings. The summed E-state index contributed by atoms with van der Waals surface area (Å²) in [4.78, 5) is 8.80. The molecule has 5 rings (SSSR count). The number of fused-ring (bicyclic) bond motifs is 1. The van der Waals surface area contributed by atoms with Crippen molar-refractivity contribution in [1.82, 2.24) is 29.1 Å². The van der Waals surface area contributed by atoms with Crippen molar-refractivity contribution in [2.75, 3.05) is 0 Å². The highest BCUT2D eigenvalue weighted by Crippen LogP contribution is 2.27. The average Bonchev–Trinajstić information content (AvgIpc) is 3.37. The Morgan fingerprint density at radius 3 is 2.52 bits per heavy atom. The van der Waals surface area contributed by atoms with Gasteiger partial charge in [-0.3, -0.25) is 9.55 Å². The highest BCUT2D eigenvalue weighted by atomic mass is 32.2. The number of thioether (sulfide) groups is 1. The lowest BCUT2D eigenvalue weighted by molar-refractivity contribution is 0.714. The molecule has 0 aliphatic carbocycles. The summed E-state index contributed by atoms with van der Waals surface area (Å²) >= 11 is 1.65. The maximum Gasteiger partial charge on any atom is 0.192 e. The molecule has 0 fully saturated rings. The molecule has 29 heavy (non-hydrogen) atoms. The standard InChI is InChI=1S/C22H18N6S/c1-2-6-17(7-3-1)14-28-21(18-9-11-23-12-10-18)25-26-22(28)29-16-19-15-27-13-5-4-8-20(27)24-19/h1-13,15H,14,16H2. The van der Waals surface area contributed by atoms with Crippen LogP contribution in [-0.2, 0) is 12.3 Å². The van der Waals surface area contributed by atoms with Gasteiger partial charge in [0.15, 0.2) is 11.0 Å². The quantitative estimate of drug-likeness (QED) is 0.399. The van der Waals surface area contributed by atoms with Crippen LogP contribution in [0, 0.1) is 0 Å². The molecule has 0 N–H and O–H groups in total. The number of benzene rings is 1. The summed E-state index contributed by atoms with van der Waals surface area (Å²) in [5, 5.41) is 9.83. The Hall–Kier alpha value is -3.45. The van der Waals surface area contributed by atoms with Gasteiger partial charge in [-0.15, -0.1) is 10.2 Å². The zero-order chi connectivity index (χ0) is 19.5. The molecule has 0 saturated carbocycles. The van der Waals surface area contributed by atoms with Crippen molar-refractivity contribution in [2.24, 2.45) is 0 Å². The molecular formula is C22H18N6S. The Bertz CT molecular complexity index is 1200. The molecule has 4 aromatic heterocycles. The maximum absolute atomic E-state index is 4.68. The van der Waals surface area contributed by atoms with Gasteiger partial charge < -0.3 is 4.40 Å². The highest BCUT2D eigenvalue weighted by Gasteiger charge is 2.15. The fourth-order valence-electron chi connectivity index (χ4n) is 3.21. The monoisotopic (exact) mass is 398 g/mol. The Morgan fingerprint density at radius 1 is 0.862 bits per heavy atom. The van der Waals surface area contributed by atoms with E-state index in [-0.39, 0.29) is 0 Å². The minimum Gasteiger partial charge on any atom is -0.307 e. The van der Waals surface area contributed by atoms with Crippen LogP contribution < -0.4 is 0 Å². The number of hydrogen-bond donors (Lipinski definition) is 0. The summed E-state index contributed by atoms with van der Waals surface area (Å²) in [5.41, 5.74) is 4.17. The molecule has 142 valence electrons. The Balaban J connectivity index is 1.46. The van der Waals surface area contributed by atoms with Crippen LogP contribution in [0.5, 0.6) is 0 Å². The first-order valence-electron chi connectivity index (χ1n) is 9.30. The second-order valence-corrected chi connectivity index (χ2v) is 7.54. The second kappa shape index (κ2) is 7.89. The lowest BCUT2D eigenvalue weighted by atomic mass is 10.2. The summed E-state index contributed by atoms with van der Waals surface area (Å²) in [6.07, 6.45) is 7.63. The largest absolute Gasteiger partial charge is 0.307 e.